The molecule has 0 spiro atoms. The summed E-state index contributed by atoms with van der Waals surface area (Å²) in [5.74, 6) is -0.149. The van der Waals surface area contributed by atoms with E-state index in [9.17, 15) is 4.79 Å². The minimum absolute atomic E-state index is 0. The summed E-state index contributed by atoms with van der Waals surface area (Å²) < 4.78 is 0. The van der Waals surface area contributed by atoms with Gasteiger partial charge >= 0.3 is 0 Å². The predicted octanol–water partition coefficient (Wildman–Crippen LogP) is 2.34. The Labute approximate surface area is 142 Å². The Morgan fingerprint density at radius 1 is 1.27 bits per heavy atom. The molecule has 0 saturated carbocycles. The monoisotopic (exact) mass is 342 g/mol. The van der Waals surface area contributed by atoms with E-state index < -0.39 is 0 Å². The molecule has 1 aliphatic rings. The summed E-state index contributed by atoms with van der Waals surface area (Å²) in [5, 5.41) is 6.41. The van der Waals surface area contributed by atoms with Crippen molar-refractivity contribution in [2.75, 3.05) is 6.54 Å². The molecular formula is C15H20Cl2N4O. The fourth-order valence-electron chi connectivity index (χ4n) is 2.55. The average Bonchev–Trinajstić information content (AvgIpc) is 2.49. The lowest BCUT2D eigenvalue weighted by molar-refractivity contribution is 0.0915. The van der Waals surface area contributed by atoms with Gasteiger partial charge in [0, 0.05) is 12.1 Å². The number of aromatic nitrogens is 2. The third-order valence-electron chi connectivity index (χ3n) is 3.76. The van der Waals surface area contributed by atoms with Crippen LogP contribution in [0.15, 0.2) is 30.5 Å². The van der Waals surface area contributed by atoms with E-state index in [0.717, 1.165) is 30.4 Å². The normalized spacial score (nSPS) is 20.6. The lowest BCUT2D eigenvalue weighted by Crippen LogP contribution is -2.52. The number of benzene rings is 1. The van der Waals surface area contributed by atoms with Crippen LogP contribution in [0.2, 0.25) is 0 Å². The Bertz CT molecular complexity index is 638. The van der Waals surface area contributed by atoms with Crippen LogP contribution in [0.5, 0.6) is 0 Å². The minimum Gasteiger partial charge on any atom is -0.346 e. The van der Waals surface area contributed by atoms with Gasteiger partial charge in [0.2, 0.25) is 0 Å². The van der Waals surface area contributed by atoms with Crippen molar-refractivity contribution in [3.05, 3.63) is 36.2 Å². The Morgan fingerprint density at radius 2 is 2.00 bits per heavy atom. The molecule has 3 rings (SSSR count). The molecule has 2 aromatic rings. The van der Waals surface area contributed by atoms with Crippen molar-refractivity contribution in [2.45, 2.75) is 31.8 Å². The van der Waals surface area contributed by atoms with Crippen molar-refractivity contribution >= 4 is 41.8 Å². The molecule has 1 aromatic heterocycles. The first-order valence-corrected chi connectivity index (χ1v) is 7.00. The molecule has 5 nitrogen and oxygen atoms in total. The van der Waals surface area contributed by atoms with Gasteiger partial charge in [-0.05, 0) is 38.4 Å². The van der Waals surface area contributed by atoms with Crippen LogP contribution in [-0.4, -0.2) is 34.5 Å². The molecule has 0 aliphatic carbocycles. The maximum Gasteiger partial charge on any atom is 0.271 e. The molecule has 1 aliphatic heterocycles. The predicted molar refractivity (Wildman–Crippen MR) is 92.0 cm³/mol. The van der Waals surface area contributed by atoms with Crippen LogP contribution in [0, 0.1) is 0 Å². The van der Waals surface area contributed by atoms with Crippen LogP contribution in [-0.2, 0) is 0 Å². The van der Waals surface area contributed by atoms with Gasteiger partial charge in [-0.15, -0.1) is 24.8 Å². The quantitative estimate of drug-likeness (QED) is 0.878. The molecular weight excluding hydrogens is 323 g/mol. The number of rotatable bonds is 2. The zero-order valence-corrected chi connectivity index (χ0v) is 13.9. The first-order valence-electron chi connectivity index (χ1n) is 7.00. The maximum atomic E-state index is 12.3. The SMILES string of the molecule is CC1NCCCC1NC(=O)c1cnc2ccccc2n1.Cl.Cl. The molecule has 120 valence electrons. The van der Waals surface area contributed by atoms with E-state index in [1.165, 1.54) is 0 Å². The lowest BCUT2D eigenvalue weighted by Gasteiger charge is -2.30. The Morgan fingerprint density at radius 3 is 2.73 bits per heavy atom. The molecule has 2 heterocycles. The summed E-state index contributed by atoms with van der Waals surface area (Å²) in [6.07, 6.45) is 3.62. The van der Waals surface area contributed by atoms with Gasteiger partial charge in [-0.1, -0.05) is 12.1 Å². The van der Waals surface area contributed by atoms with Crippen molar-refractivity contribution < 1.29 is 4.79 Å². The molecule has 1 saturated heterocycles. The number of carbonyl (C=O) groups is 1. The number of carbonyl (C=O) groups excluding carboxylic acids is 1. The van der Waals surface area contributed by atoms with Gasteiger partial charge in [0.15, 0.2) is 0 Å². The highest BCUT2D eigenvalue weighted by Crippen LogP contribution is 2.11. The molecule has 7 heteroatoms. The number of hydrogen-bond acceptors (Lipinski definition) is 4. The number of nitrogens with zero attached hydrogens (tertiary/aromatic N) is 2. The zero-order chi connectivity index (χ0) is 13.9. The lowest BCUT2D eigenvalue weighted by atomic mass is 10.00. The van der Waals surface area contributed by atoms with Crippen molar-refractivity contribution in [3.63, 3.8) is 0 Å². The Hall–Kier alpha value is -1.43. The largest absolute Gasteiger partial charge is 0.346 e. The summed E-state index contributed by atoms with van der Waals surface area (Å²) in [7, 11) is 0. The highest BCUT2D eigenvalue weighted by Gasteiger charge is 2.23. The van der Waals surface area contributed by atoms with Gasteiger partial charge in [-0.25, -0.2) is 4.98 Å². The second kappa shape index (κ2) is 8.27. The van der Waals surface area contributed by atoms with E-state index in [1.807, 2.05) is 24.3 Å². The third-order valence-corrected chi connectivity index (χ3v) is 3.76. The van der Waals surface area contributed by atoms with Crippen LogP contribution >= 0.6 is 24.8 Å². The fourth-order valence-corrected chi connectivity index (χ4v) is 2.55. The number of amides is 1. The van der Waals surface area contributed by atoms with E-state index in [2.05, 4.69) is 27.5 Å². The van der Waals surface area contributed by atoms with Gasteiger partial charge in [-0.3, -0.25) is 9.78 Å². The van der Waals surface area contributed by atoms with Crippen molar-refractivity contribution in [2.24, 2.45) is 0 Å². The van der Waals surface area contributed by atoms with Crippen LogP contribution in [0.1, 0.15) is 30.3 Å². The van der Waals surface area contributed by atoms with Crippen LogP contribution in [0.4, 0.5) is 0 Å². The maximum absolute atomic E-state index is 12.3. The molecule has 2 unspecified atom stereocenters. The summed E-state index contributed by atoms with van der Waals surface area (Å²) in [6, 6.07) is 8.00. The zero-order valence-electron chi connectivity index (χ0n) is 12.3. The molecule has 0 bridgehead atoms. The number of fused-ring (bicyclic) bond motifs is 1. The number of halogens is 2. The van der Waals surface area contributed by atoms with Gasteiger partial charge in [0.05, 0.1) is 17.2 Å². The highest BCUT2D eigenvalue weighted by molar-refractivity contribution is 5.94. The molecule has 0 radical (unpaired) electrons. The molecule has 2 atom stereocenters. The van der Waals surface area contributed by atoms with Gasteiger partial charge in [-0.2, -0.15) is 0 Å². The van der Waals surface area contributed by atoms with Gasteiger partial charge in [0.1, 0.15) is 5.69 Å². The van der Waals surface area contributed by atoms with E-state index in [0.29, 0.717) is 11.7 Å². The number of piperidine rings is 1. The second-order valence-corrected chi connectivity index (χ2v) is 5.21. The van der Waals surface area contributed by atoms with E-state index in [1.54, 1.807) is 6.20 Å². The standard InChI is InChI=1S/C15H18N4O.2ClH/c1-10-11(7-4-8-16-10)19-15(20)14-9-17-12-5-2-3-6-13(12)18-14;;/h2-3,5-6,9-11,16H,4,7-8H2,1H3,(H,19,20);2*1H. The van der Waals surface area contributed by atoms with Crippen molar-refractivity contribution in [3.8, 4) is 0 Å². The number of para-hydroxylation sites is 2. The highest BCUT2D eigenvalue weighted by atomic mass is 35.5. The summed E-state index contributed by atoms with van der Waals surface area (Å²) in [4.78, 5) is 20.9. The molecule has 22 heavy (non-hydrogen) atoms. The van der Waals surface area contributed by atoms with Gasteiger partial charge in [0.25, 0.3) is 5.91 Å². The average molecular weight is 343 g/mol. The molecule has 2 N–H and O–H groups in total. The Kier molecular flexibility index (Phi) is 7.00. The Balaban J connectivity index is 0.00000121. The number of hydrogen-bond donors (Lipinski definition) is 2. The van der Waals surface area contributed by atoms with Crippen LogP contribution < -0.4 is 10.6 Å². The summed E-state index contributed by atoms with van der Waals surface area (Å²) in [5.41, 5.74) is 1.92. The number of nitrogens with one attached hydrogen (secondary N) is 2. The topological polar surface area (TPSA) is 66.9 Å². The smallest absolute Gasteiger partial charge is 0.271 e. The van der Waals surface area contributed by atoms with E-state index >= 15 is 0 Å². The van der Waals surface area contributed by atoms with Crippen LogP contribution in [0.25, 0.3) is 11.0 Å². The van der Waals surface area contributed by atoms with Gasteiger partial charge < -0.3 is 10.6 Å². The van der Waals surface area contributed by atoms with Crippen molar-refractivity contribution in [1.29, 1.82) is 0 Å². The second-order valence-electron chi connectivity index (χ2n) is 5.21. The van der Waals surface area contributed by atoms with Crippen molar-refractivity contribution in [1.82, 2.24) is 20.6 Å². The molecule has 1 fully saturated rings. The molecule has 1 aromatic carbocycles. The third kappa shape index (κ3) is 4.06. The van der Waals surface area contributed by atoms with E-state index in [-0.39, 0.29) is 36.8 Å². The van der Waals surface area contributed by atoms with E-state index in [4.69, 9.17) is 0 Å². The summed E-state index contributed by atoms with van der Waals surface area (Å²) in [6.45, 7) is 3.11. The molecule has 1 amide bonds. The fraction of sp³-hybridized carbons (Fsp3) is 0.400. The first kappa shape index (κ1) is 18.6. The van der Waals surface area contributed by atoms with Crippen LogP contribution in [0.3, 0.4) is 0 Å². The summed E-state index contributed by atoms with van der Waals surface area (Å²) >= 11 is 0. The first-order chi connectivity index (χ1) is 9.74. The minimum atomic E-state index is -0.149.